The lowest BCUT2D eigenvalue weighted by Gasteiger charge is -2.27. The van der Waals surface area contributed by atoms with Crippen LogP contribution >= 0.6 is 0 Å². The summed E-state index contributed by atoms with van der Waals surface area (Å²) in [5.74, 6) is -1.76. The maximum absolute atomic E-state index is 12.8. The van der Waals surface area contributed by atoms with Crippen molar-refractivity contribution >= 4 is 11.9 Å². The zero-order valence-electron chi connectivity index (χ0n) is 15.8. The van der Waals surface area contributed by atoms with E-state index in [1.165, 1.54) is 0 Å². The van der Waals surface area contributed by atoms with Crippen molar-refractivity contribution in [3.63, 3.8) is 0 Å². The molecule has 1 aliphatic rings. The van der Waals surface area contributed by atoms with Crippen LogP contribution in [0.2, 0.25) is 0 Å². The highest BCUT2D eigenvalue weighted by molar-refractivity contribution is 5.93. The Morgan fingerprint density at radius 2 is 1.74 bits per heavy atom. The van der Waals surface area contributed by atoms with E-state index in [2.05, 4.69) is 15.6 Å². The van der Waals surface area contributed by atoms with Crippen molar-refractivity contribution in [3.05, 3.63) is 41.2 Å². The van der Waals surface area contributed by atoms with Crippen LogP contribution < -0.4 is 5.32 Å². The SMILES string of the molecule is Cc1ccc(-n2nnc(C(=O)NC3CCCCCCC3C(=O)O)c2C)cc1. The lowest BCUT2D eigenvalue weighted by molar-refractivity contribution is -0.143. The third-order valence-electron chi connectivity index (χ3n) is 5.29. The quantitative estimate of drug-likeness (QED) is 0.862. The number of carboxylic acids is 1. The fraction of sp³-hybridized carbons (Fsp3) is 0.500. The predicted octanol–water partition coefficient (Wildman–Crippen LogP) is 3.04. The van der Waals surface area contributed by atoms with Crippen LogP contribution in [0.3, 0.4) is 0 Å². The molecule has 0 radical (unpaired) electrons. The minimum Gasteiger partial charge on any atom is -0.481 e. The molecule has 0 aliphatic heterocycles. The minimum absolute atomic E-state index is 0.238. The average Bonchev–Trinajstić information content (AvgIpc) is 2.99. The van der Waals surface area contributed by atoms with E-state index in [4.69, 9.17) is 0 Å². The molecule has 2 atom stereocenters. The Morgan fingerprint density at radius 1 is 1.07 bits per heavy atom. The number of aliphatic carboxylic acids is 1. The van der Waals surface area contributed by atoms with Crippen LogP contribution in [-0.4, -0.2) is 38.0 Å². The summed E-state index contributed by atoms with van der Waals surface area (Å²) in [4.78, 5) is 24.4. The van der Waals surface area contributed by atoms with Gasteiger partial charge in [-0.1, -0.05) is 48.6 Å². The van der Waals surface area contributed by atoms with E-state index >= 15 is 0 Å². The molecule has 1 fully saturated rings. The first kappa shape index (κ1) is 19.1. The van der Waals surface area contributed by atoms with Crippen molar-refractivity contribution in [2.24, 2.45) is 5.92 Å². The molecule has 2 N–H and O–H groups in total. The molecule has 144 valence electrons. The maximum atomic E-state index is 12.8. The topological polar surface area (TPSA) is 97.1 Å². The standard InChI is InChI=1S/C20H26N4O3/c1-13-9-11-15(12-10-13)24-14(2)18(22-23-24)19(25)21-17-8-6-4-3-5-7-16(17)20(26)27/h9-12,16-17H,3-8H2,1-2H3,(H,21,25)(H,26,27). The van der Waals surface area contributed by atoms with Crippen LogP contribution in [0.4, 0.5) is 0 Å². The number of carboxylic acid groups (broad SMARTS) is 1. The highest BCUT2D eigenvalue weighted by atomic mass is 16.4. The molecule has 0 bridgehead atoms. The Morgan fingerprint density at radius 3 is 2.41 bits per heavy atom. The number of amides is 1. The van der Waals surface area contributed by atoms with Crippen LogP contribution in [-0.2, 0) is 4.79 Å². The maximum Gasteiger partial charge on any atom is 0.308 e. The Bertz CT molecular complexity index is 813. The molecule has 1 saturated carbocycles. The smallest absolute Gasteiger partial charge is 0.308 e. The van der Waals surface area contributed by atoms with Gasteiger partial charge in [0.15, 0.2) is 5.69 Å². The second-order valence-corrected chi connectivity index (χ2v) is 7.29. The molecule has 0 saturated heterocycles. The van der Waals surface area contributed by atoms with Crippen LogP contribution in [0.15, 0.2) is 24.3 Å². The number of rotatable bonds is 4. The van der Waals surface area contributed by atoms with Crippen molar-refractivity contribution in [3.8, 4) is 5.69 Å². The van der Waals surface area contributed by atoms with Gasteiger partial charge in [-0.2, -0.15) is 0 Å². The lowest BCUT2D eigenvalue weighted by atomic mass is 9.86. The molecule has 1 aromatic carbocycles. The van der Waals surface area contributed by atoms with E-state index in [0.29, 0.717) is 18.5 Å². The van der Waals surface area contributed by atoms with E-state index < -0.39 is 11.9 Å². The molecule has 7 heteroatoms. The second kappa shape index (κ2) is 8.33. The molecule has 1 heterocycles. The summed E-state index contributed by atoms with van der Waals surface area (Å²) in [6.07, 6.45) is 5.19. The monoisotopic (exact) mass is 370 g/mol. The van der Waals surface area contributed by atoms with Gasteiger partial charge < -0.3 is 10.4 Å². The summed E-state index contributed by atoms with van der Waals surface area (Å²) in [6.45, 7) is 3.80. The van der Waals surface area contributed by atoms with Gasteiger partial charge in [0.25, 0.3) is 5.91 Å². The molecule has 1 aliphatic carbocycles. The molecule has 0 spiro atoms. The van der Waals surface area contributed by atoms with Crippen molar-refractivity contribution < 1.29 is 14.7 Å². The van der Waals surface area contributed by atoms with Crippen molar-refractivity contribution in [2.75, 3.05) is 0 Å². The molecule has 1 aromatic heterocycles. The van der Waals surface area contributed by atoms with Crippen LogP contribution in [0.25, 0.3) is 5.69 Å². The summed E-state index contributed by atoms with van der Waals surface area (Å²) in [7, 11) is 0. The molecular weight excluding hydrogens is 344 g/mol. The fourth-order valence-electron chi connectivity index (χ4n) is 3.66. The van der Waals surface area contributed by atoms with E-state index in [1.54, 1.807) is 11.6 Å². The molecule has 7 nitrogen and oxygen atoms in total. The number of aromatic nitrogens is 3. The zero-order chi connectivity index (χ0) is 19.4. The molecule has 27 heavy (non-hydrogen) atoms. The fourth-order valence-corrected chi connectivity index (χ4v) is 3.66. The number of hydrogen-bond donors (Lipinski definition) is 2. The predicted molar refractivity (Wildman–Crippen MR) is 101 cm³/mol. The van der Waals surface area contributed by atoms with Crippen LogP contribution in [0.1, 0.15) is 60.3 Å². The van der Waals surface area contributed by atoms with E-state index in [9.17, 15) is 14.7 Å². The summed E-state index contributed by atoms with van der Waals surface area (Å²) >= 11 is 0. The normalized spacial score (nSPS) is 20.5. The largest absolute Gasteiger partial charge is 0.481 e. The number of nitrogens with one attached hydrogen (secondary N) is 1. The molecule has 2 aromatic rings. The summed E-state index contributed by atoms with van der Waals surface area (Å²) < 4.78 is 1.63. The second-order valence-electron chi connectivity index (χ2n) is 7.29. The Kier molecular flexibility index (Phi) is 5.88. The van der Waals surface area contributed by atoms with Gasteiger partial charge in [0, 0.05) is 6.04 Å². The first-order chi connectivity index (χ1) is 13.0. The van der Waals surface area contributed by atoms with E-state index in [0.717, 1.165) is 36.9 Å². The number of benzene rings is 1. The summed E-state index contributed by atoms with van der Waals surface area (Å²) in [6, 6.07) is 7.42. The van der Waals surface area contributed by atoms with Gasteiger partial charge in [-0.25, -0.2) is 4.68 Å². The van der Waals surface area contributed by atoms with E-state index in [-0.39, 0.29) is 17.6 Å². The molecule has 3 rings (SSSR count). The average molecular weight is 370 g/mol. The van der Waals surface area contributed by atoms with Gasteiger partial charge in [-0.3, -0.25) is 9.59 Å². The van der Waals surface area contributed by atoms with Crippen molar-refractivity contribution in [1.82, 2.24) is 20.3 Å². The van der Waals surface area contributed by atoms with Gasteiger partial charge in [0.05, 0.1) is 17.3 Å². The highest BCUT2D eigenvalue weighted by Gasteiger charge is 2.31. The van der Waals surface area contributed by atoms with Gasteiger partial charge in [-0.15, -0.1) is 5.10 Å². The third-order valence-corrected chi connectivity index (χ3v) is 5.29. The van der Waals surface area contributed by atoms with Gasteiger partial charge in [0.1, 0.15) is 0 Å². The summed E-state index contributed by atoms with van der Waals surface area (Å²) in [5, 5.41) is 20.6. The Labute approximate surface area is 158 Å². The molecule has 2 unspecified atom stereocenters. The Hall–Kier alpha value is -2.70. The number of carbonyl (C=O) groups excluding carboxylic acids is 1. The number of carbonyl (C=O) groups is 2. The van der Waals surface area contributed by atoms with Gasteiger partial charge >= 0.3 is 5.97 Å². The first-order valence-corrected chi connectivity index (χ1v) is 9.50. The highest BCUT2D eigenvalue weighted by Crippen LogP contribution is 2.24. The van der Waals surface area contributed by atoms with Crippen molar-refractivity contribution in [2.45, 2.75) is 58.4 Å². The van der Waals surface area contributed by atoms with Gasteiger partial charge in [0.2, 0.25) is 0 Å². The number of hydrogen-bond acceptors (Lipinski definition) is 4. The van der Waals surface area contributed by atoms with E-state index in [1.807, 2.05) is 31.2 Å². The lowest BCUT2D eigenvalue weighted by Crippen LogP contribution is -2.44. The Balaban J connectivity index is 1.79. The van der Waals surface area contributed by atoms with Crippen molar-refractivity contribution in [1.29, 1.82) is 0 Å². The zero-order valence-corrected chi connectivity index (χ0v) is 15.8. The number of aryl methyl sites for hydroxylation is 1. The van der Waals surface area contributed by atoms with Gasteiger partial charge in [-0.05, 0) is 38.8 Å². The molecule has 1 amide bonds. The first-order valence-electron chi connectivity index (χ1n) is 9.50. The number of nitrogens with zero attached hydrogens (tertiary/aromatic N) is 3. The third kappa shape index (κ3) is 4.35. The van der Waals surface area contributed by atoms with Crippen LogP contribution in [0.5, 0.6) is 0 Å². The van der Waals surface area contributed by atoms with Crippen LogP contribution in [0, 0.1) is 19.8 Å². The molecular formula is C20H26N4O3. The summed E-state index contributed by atoms with van der Waals surface area (Å²) in [5.41, 5.74) is 2.84. The minimum atomic E-state index is -0.845.